The van der Waals surface area contributed by atoms with E-state index in [0.29, 0.717) is 30.1 Å². The molecule has 2 saturated carbocycles. The Labute approximate surface area is 207 Å². The molecule has 0 bridgehead atoms. The van der Waals surface area contributed by atoms with Crippen LogP contribution in [-0.4, -0.2) is 36.5 Å². The van der Waals surface area contributed by atoms with Crippen molar-refractivity contribution in [3.63, 3.8) is 0 Å². The molecule has 1 unspecified atom stereocenters. The minimum absolute atomic E-state index is 0.0792. The molecule has 2 aliphatic carbocycles. The smallest absolute Gasteiger partial charge is 0.181 e. The third-order valence-electron chi connectivity index (χ3n) is 8.95. The maximum Gasteiger partial charge on any atom is 0.181 e. The number of sulfone groups is 1. The van der Waals surface area contributed by atoms with Gasteiger partial charge in [0, 0.05) is 23.0 Å². The van der Waals surface area contributed by atoms with Gasteiger partial charge < -0.3 is 5.32 Å². The molecular weight excluding hydrogens is 456 g/mol. The van der Waals surface area contributed by atoms with Gasteiger partial charge in [0.05, 0.1) is 22.2 Å². The van der Waals surface area contributed by atoms with Gasteiger partial charge >= 0.3 is 0 Å². The van der Waals surface area contributed by atoms with Crippen LogP contribution in [0.15, 0.2) is 65.7 Å². The fraction of sp³-hybridized carbons (Fsp3) is 0.448. The second kappa shape index (κ2) is 8.24. The molecule has 0 radical (unpaired) electrons. The first kappa shape index (κ1) is 22.9. The number of fused-ring (bicyclic) bond motifs is 1. The second-order valence-corrected chi connectivity index (χ2v) is 13.4. The SMILES string of the molecule is CC1(C2CC3(CCC(S(=O)(=O)c4ccc(-c5ccc6cccnc6c5)cc4)CC3)NCC2=O)CC1. The molecule has 2 heterocycles. The van der Waals surface area contributed by atoms with Gasteiger partial charge in [0.2, 0.25) is 0 Å². The van der Waals surface area contributed by atoms with Gasteiger partial charge in [-0.3, -0.25) is 9.78 Å². The van der Waals surface area contributed by atoms with Crippen molar-refractivity contribution in [2.75, 3.05) is 6.54 Å². The average molecular weight is 489 g/mol. The van der Waals surface area contributed by atoms with Gasteiger partial charge in [-0.05, 0) is 85.8 Å². The van der Waals surface area contributed by atoms with E-state index in [1.54, 1.807) is 18.3 Å². The fourth-order valence-corrected chi connectivity index (χ4v) is 8.02. The number of hydrogen-bond acceptors (Lipinski definition) is 5. The third-order valence-corrected chi connectivity index (χ3v) is 11.2. The van der Waals surface area contributed by atoms with Crippen molar-refractivity contribution in [3.05, 3.63) is 60.8 Å². The lowest BCUT2D eigenvalue weighted by molar-refractivity contribution is -0.128. The molecule has 1 spiro atoms. The highest BCUT2D eigenvalue weighted by molar-refractivity contribution is 7.92. The van der Waals surface area contributed by atoms with Gasteiger partial charge in [-0.25, -0.2) is 8.42 Å². The van der Waals surface area contributed by atoms with Crippen LogP contribution < -0.4 is 5.32 Å². The maximum absolute atomic E-state index is 13.5. The standard InChI is InChI=1S/C29H32N2O3S/c1-28(14-15-28)25-18-29(31-19-27(25)32)12-10-24(11-13-29)35(33,34)23-8-6-20(7-9-23)22-5-4-21-3-2-16-30-26(21)17-22/h2-9,16-17,24-25,31H,10-15,18-19H2,1H3. The summed E-state index contributed by atoms with van der Waals surface area (Å²) >= 11 is 0. The van der Waals surface area contributed by atoms with E-state index in [2.05, 4.69) is 17.2 Å². The molecular formula is C29H32N2O3S. The predicted molar refractivity (Wildman–Crippen MR) is 138 cm³/mol. The minimum Gasteiger partial charge on any atom is -0.304 e. The maximum atomic E-state index is 13.5. The zero-order chi connectivity index (χ0) is 24.3. The molecule has 6 rings (SSSR count). The number of aromatic nitrogens is 1. The Morgan fingerprint density at radius 2 is 1.66 bits per heavy atom. The first-order valence-electron chi connectivity index (χ1n) is 12.8. The minimum atomic E-state index is -3.40. The van der Waals surface area contributed by atoms with Crippen LogP contribution in [0.25, 0.3) is 22.0 Å². The summed E-state index contributed by atoms with van der Waals surface area (Å²) in [6, 6.07) is 17.4. The van der Waals surface area contributed by atoms with Crippen LogP contribution in [0.4, 0.5) is 0 Å². The van der Waals surface area contributed by atoms with Gasteiger partial charge in [-0.1, -0.05) is 37.3 Å². The molecule has 1 saturated heterocycles. The Morgan fingerprint density at radius 3 is 2.37 bits per heavy atom. The molecule has 1 atom stereocenters. The van der Waals surface area contributed by atoms with Gasteiger partial charge in [0.15, 0.2) is 9.84 Å². The first-order valence-corrected chi connectivity index (χ1v) is 14.3. The molecule has 6 heteroatoms. The Bertz CT molecular complexity index is 1380. The summed E-state index contributed by atoms with van der Waals surface area (Å²) in [6.45, 7) is 2.67. The lowest BCUT2D eigenvalue weighted by atomic mass is 9.68. The van der Waals surface area contributed by atoms with Crippen molar-refractivity contribution in [2.24, 2.45) is 11.3 Å². The summed E-state index contributed by atoms with van der Waals surface area (Å²) in [6.07, 6.45) is 7.85. The summed E-state index contributed by atoms with van der Waals surface area (Å²) in [5.74, 6) is 0.474. The molecule has 5 nitrogen and oxygen atoms in total. The Kier molecular flexibility index (Phi) is 5.38. The number of carbonyl (C=O) groups excluding carboxylic acids is 1. The first-order chi connectivity index (χ1) is 16.8. The van der Waals surface area contributed by atoms with E-state index in [4.69, 9.17) is 0 Å². The van der Waals surface area contributed by atoms with Crippen molar-refractivity contribution in [1.29, 1.82) is 0 Å². The third kappa shape index (κ3) is 4.11. The van der Waals surface area contributed by atoms with Crippen LogP contribution >= 0.6 is 0 Å². The molecule has 1 aliphatic heterocycles. The molecule has 3 aromatic rings. The van der Waals surface area contributed by atoms with E-state index >= 15 is 0 Å². The van der Waals surface area contributed by atoms with Crippen LogP contribution in [0.1, 0.15) is 51.9 Å². The number of pyridine rings is 1. The van der Waals surface area contributed by atoms with Crippen molar-refractivity contribution in [1.82, 2.24) is 10.3 Å². The lowest BCUT2D eigenvalue weighted by Crippen LogP contribution is -2.58. The molecule has 0 amide bonds. The van der Waals surface area contributed by atoms with Crippen molar-refractivity contribution < 1.29 is 13.2 Å². The van der Waals surface area contributed by atoms with Crippen LogP contribution in [0, 0.1) is 11.3 Å². The average Bonchev–Trinajstić information content (AvgIpc) is 3.64. The molecule has 182 valence electrons. The van der Waals surface area contributed by atoms with Crippen LogP contribution in [0.2, 0.25) is 0 Å². The van der Waals surface area contributed by atoms with Gasteiger partial charge in [-0.15, -0.1) is 0 Å². The molecule has 3 fully saturated rings. The number of piperidine rings is 1. The monoisotopic (exact) mass is 488 g/mol. The van der Waals surface area contributed by atoms with Crippen LogP contribution in [0.5, 0.6) is 0 Å². The molecule has 1 aromatic heterocycles. The largest absolute Gasteiger partial charge is 0.304 e. The van der Waals surface area contributed by atoms with Crippen molar-refractivity contribution >= 4 is 26.5 Å². The zero-order valence-electron chi connectivity index (χ0n) is 20.2. The molecule has 2 aromatic carbocycles. The second-order valence-electron chi connectivity index (χ2n) is 11.2. The highest BCUT2D eigenvalue weighted by Gasteiger charge is 2.54. The number of carbonyl (C=O) groups is 1. The summed E-state index contributed by atoms with van der Waals surface area (Å²) in [5, 5.41) is 4.24. The molecule has 1 N–H and O–H groups in total. The topological polar surface area (TPSA) is 76.1 Å². The van der Waals surface area contributed by atoms with Gasteiger partial charge in [0.1, 0.15) is 5.78 Å². The Morgan fingerprint density at radius 1 is 0.943 bits per heavy atom. The van der Waals surface area contributed by atoms with Crippen molar-refractivity contribution in [2.45, 2.75) is 67.6 Å². The van der Waals surface area contributed by atoms with E-state index in [9.17, 15) is 13.2 Å². The Balaban J connectivity index is 1.16. The number of Topliss-reactive ketones (excluding diaryl/α,β-unsaturated/α-hetero) is 1. The van der Waals surface area contributed by atoms with E-state index in [-0.39, 0.29) is 22.1 Å². The number of ketones is 1. The summed E-state index contributed by atoms with van der Waals surface area (Å²) < 4.78 is 27.0. The van der Waals surface area contributed by atoms with Gasteiger partial charge in [0.25, 0.3) is 0 Å². The van der Waals surface area contributed by atoms with E-state index in [0.717, 1.165) is 54.1 Å². The summed E-state index contributed by atoms with van der Waals surface area (Å²) in [7, 11) is -3.40. The highest BCUT2D eigenvalue weighted by atomic mass is 32.2. The van der Waals surface area contributed by atoms with Crippen LogP contribution in [-0.2, 0) is 14.6 Å². The van der Waals surface area contributed by atoms with E-state index in [1.807, 2.05) is 42.5 Å². The van der Waals surface area contributed by atoms with Crippen molar-refractivity contribution in [3.8, 4) is 11.1 Å². The van der Waals surface area contributed by atoms with Gasteiger partial charge in [-0.2, -0.15) is 0 Å². The van der Waals surface area contributed by atoms with E-state index < -0.39 is 9.84 Å². The highest BCUT2D eigenvalue weighted by Crippen LogP contribution is 2.56. The normalized spacial score (nSPS) is 28.3. The number of nitrogens with one attached hydrogen (secondary N) is 1. The molecule has 3 aliphatic rings. The Hall–Kier alpha value is -2.57. The predicted octanol–water partition coefficient (Wildman–Crippen LogP) is 5.34. The number of benzene rings is 2. The number of rotatable bonds is 4. The summed E-state index contributed by atoms with van der Waals surface area (Å²) in [5.41, 5.74) is 3.03. The fourth-order valence-electron chi connectivity index (χ4n) is 6.27. The number of hydrogen-bond donors (Lipinski definition) is 1. The quantitative estimate of drug-likeness (QED) is 0.537. The van der Waals surface area contributed by atoms with Crippen LogP contribution in [0.3, 0.4) is 0 Å². The number of nitrogens with zero attached hydrogens (tertiary/aromatic N) is 1. The lowest BCUT2D eigenvalue weighted by Gasteiger charge is -2.47. The van der Waals surface area contributed by atoms with E-state index in [1.165, 1.54) is 0 Å². The zero-order valence-corrected chi connectivity index (χ0v) is 21.0. The molecule has 35 heavy (non-hydrogen) atoms. The summed E-state index contributed by atoms with van der Waals surface area (Å²) in [4.78, 5) is 17.4.